The first-order valence-electron chi connectivity index (χ1n) is 4.54. The zero-order chi connectivity index (χ0) is 10.7. The Morgan fingerprint density at radius 2 is 2.20 bits per heavy atom. The lowest BCUT2D eigenvalue weighted by Crippen LogP contribution is -2.07. The number of rotatable bonds is 2. The molecule has 1 aromatic carbocycles. The number of H-pyrrole nitrogens is 1. The van der Waals surface area contributed by atoms with E-state index in [1.165, 1.54) is 6.20 Å². The monoisotopic (exact) mass is 202 g/mol. The molecule has 0 bridgehead atoms. The number of nitrogens with zero attached hydrogens (tertiary/aromatic N) is 1. The fourth-order valence-corrected chi connectivity index (χ4v) is 1.35. The Hall–Kier alpha value is -1.94. The Bertz CT molecular complexity index is 499. The lowest BCUT2D eigenvalue weighted by molar-refractivity contribution is 0.282. The van der Waals surface area contributed by atoms with Crippen LogP contribution in [0.1, 0.15) is 5.56 Å². The fourth-order valence-electron chi connectivity index (χ4n) is 1.35. The van der Waals surface area contributed by atoms with Crippen LogP contribution in [-0.4, -0.2) is 15.1 Å². The Kier molecular flexibility index (Phi) is 2.60. The number of nitrogens with one attached hydrogen (secondary N) is 1. The molecule has 15 heavy (non-hydrogen) atoms. The average molecular weight is 202 g/mol. The number of benzene rings is 1. The van der Waals surface area contributed by atoms with E-state index in [1.807, 2.05) is 24.3 Å². The molecule has 4 heteroatoms. The molecule has 0 saturated heterocycles. The zero-order valence-corrected chi connectivity index (χ0v) is 7.97. The molecule has 0 radical (unpaired) electrons. The van der Waals surface area contributed by atoms with Crippen molar-refractivity contribution in [3.05, 3.63) is 52.7 Å². The van der Waals surface area contributed by atoms with Crippen molar-refractivity contribution in [2.24, 2.45) is 0 Å². The molecule has 0 saturated carbocycles. The Balaban J connectivity index is 2.44. The van der Waals surface area contributed by atoms with E-state index < -0.39 is 0 Å². The maximum atomic E-state index is 10.8. The van der Waals surface area contributed by atoms with Gasteiger partial charge < -0.3 is 10.1 Å². The molecule has 4 nitrogen and oxygen atoms in total. The third-order valence-corrected chi connectivity index (χ3v) is 2.11. The van der Waals surface area contributed by atoms with Gasteiger partial charge in [0.15, 0.2) is 0 Å². The van der Waals surface area contributed by atoms with E-state index in [1.54, 1.807) is 6.20 Å². The predicted octanol–water partition coefficient (Wildman–Crippen LogP) is 0.929. The van der Waals surface area contributed by atoms with Gasteiger partial charge in [-0.05, 0) is 17.2 Å². The number of aliphatic hydroxyl groups is 1. The summed E-state index contributed by atoms with van der Waals surface area (Å²) in [5.74, 6) is 0. The third kappa shape index (κ3) is 2.11. The van der Waals surface area contributed by atoms with Crippen LogP contribution in [0.3, 0.4) is 0 Å². The van der Waals surface area contributed by atoms with Crippen molar-refractivity contribution < 1.29 is 5.11 Å². The molecule has 0 unspecified atom stereocenters. The Morgan fingerprint density at radius 3 is 2.87 bits per heavy atom. The van der Waals surface area contributed by atoms with Gasteiger partial charge in [0.05, 0.1) is 6.61 Å². The lowest BCUT2D eigenvalue weighted by atomic mass is 10.1. The highest BCUT2D eigenvalue weighted by molar-refractivity contribution is 5.61. The van der Waals surface area contributed by atoms with Gasteiger partial charge in [-0.1, -0.05) is 18.2 Å². The second-order valence-corrected chi connectivity index (χ2v) is 3.17. The maximum absolute atomic E-state index is 10.8. The molecule has 0 amide bonds. The molecular weight excluding hydrogens is 192 g/mol. The summed E-state index contributed by atoms with van der Waals surface area (Å²) in [6.45, 7) is 0.00459. The molecule has 0 aliphatic rings. The minimum atomic E-state index is -0.364. The Morgan fingerprint density at radius 1 is 1.33 bits per heavy atom. The van der Waals surface area contributed by atoms with Crippen LogP contribution in [0, 0.1) is 0 Å². The summed E-state index contributed by atoms with van der Waals surface area (Å²) >= 11 is 0. The van der Waals surface area contributed by atoms with Crippen molar-refractivity contribution in [2.45, 2.75) is 6.61 Å². The highest BCUT2D eigenvalue weighted by Gasteiger charge is 1.99. The summed E-state index contributed by atoms with van der Waals surface area (Å²) in [6.07, 6.45) is 3.11. The van der Waals surface area contributed by atoms with Crippen molar-refractivity contribution in [3.63, 3.8) is 0 Å². The van der Waals surface area contributed by atoms with Gasteiger partial charge in [0.1, 0.15) is 0 Å². The van der Waals surface area contributed by atoms with E-state index in [0.29, 0.717) is 0 Å². The van der Waals surface area contributed by atoms with E-state index in [2.05, 4.69) is 9.97 Å². The van der Waals surface area contributed by atoms with Crippen LogP contribution in [0.2, 0.25) is 0 Å². The van der Waals surface area contributed by atoms with Crippen LogP contribution in [0.25, 0.3) is 11.1 Å². The summed E-state index contributed by atoms with van der Waals surface area (Å²) in [5.41, 5.74) is 2.21. The van der Waals surface area contributed by atoms with Gasteiger partial charge in [0.2, 0.25) is 0 Å². The standard InChI is InChI=1S/C11H10N2O2/c14-7-8-2-1-3-9(4-8)10-5-12-11(15)13-6-10/h1-6,14H,7H2,(H,12,13,15). The van der Waals surface area contributed by atoms with Crippen molar-refractivity contribution in [1.29, 1.82) is 0 Å². The molecule has 0 aliphatic carbocycles. The second-order valence-electron chi connectivity index (χ2n) is 3.17. The largest absolute Gasteiger partial charge is 0.392 e. The van der Waals surface area contributed by atoms with Crippen LogP contribution < -0.4 is 5.69 Å². The molecule has 1 aromatic heterocycles. The first kappa shape index (κ1) is 9.61. The van der Waals surface area contributed by atoms with Crippen molar-refractivity contribution in [2.75, 3.05) is 0 Å². The van der Waals surface area contributed by atoms with E-state index in [-0.39, 0.29) is 12.3 Å². The molecule has 2 N–H and O–H groups in total. The van der Waals surface area contributed by atoms with Crippen molar-refractivity contribution in [3.8, 4) is 11.1 Å². The quantitative estimate of drug-likeness (QED) is 0.761. The number of aromatic nitrogens is 2. The SMILES string of the molecule is O=c1ncc(-c2cccc(CO)c2)c[nH]1. The average Bonchev–Trinajstić information content (AvgIpc) is 2.30. The summed E-state index contributed by atoms with van der Waals surface area (Å²) < 4.78 is 0. The molecule has 2 rings (SSSR count). The van der Waals surface area contributed by atoms with Gasteiger partial charge >= 0.3 is 5.69 Å². The molecule has 0 fully saturated rings. The summed E-state index contributed by atoms with van der Waals surface area (Å²) in [6, 6.07) is 7.44. The summed E-state index contributed by atoms with van der Waals surface area (Å²) in [5, 5.41) is 8.98. The van der Waals surface area contributed by atoms with Crippen LogP contribution >= 0.6 is 0 Å². The molecule has 0 spiro atoms. The van der Waals surface area contributed by atoms with Gasteiger partial charge in [0, 0.05) is 18.0 Å². The smallest absolute Gasteiger partial charge is 0.344 e. The molecular formula is C11H10N2O2. The third-order valence-electron chi connectivity index (χ3n) is 2.11. The van der Waals surface area contributed by atoms with Gasteiger partial charge in [-0.2, -0.15) is 0 Å². The van der Waals surface area contributed by atoms with E-state index in [0.717, 1.165) is 16.7 Å². The van der Waals surface area contributed by atoms with Gasteiger partial charge in [-0.3, -0.25) is 0 Å². The molecule has 1 heterocycles. The Labute approximate surface area is 86.2 Å². The molecule has 0 atom stereocenters. The van der Waals surface area contributed by atoms with Crippen LogP contribution in [0.4, 0.5) is 0 Å². The summed E-state index contributed by atoms with van der Waals surface area (Å²) in [4.78, 5) is 16.9. The van der Waals surface area contributed by atoms with E-state index >= 15 is 0 Å². The first-order valence-corrected chi connectivity index (χ1v) is 4.54. The topological polar surface area (TPSA) is 66.0 Å². The fraction of sp³-hybridized carbons (Fsp3) is 0.0909. The normalized spacial score (nSPS) is 10.2. The van der Waals surface area contributed by atoms with Crippen LogP contribution in [0.15, 0.2) is 41.5 Å². The van der Waals surface area contributed by atoms with E-state index in [4.69, 9.17) is 5.11 Å². The van der Waals surface area contributed by atoms with Gasteiger partial charge in [0.25, 0.3) is 0 Å². The summed E-state index contributed by atoms with van der Waals surface area (Å²) in [7, 11) is 0. The van der Waals surface area contributed by atoms with Gasteiger partial charge in [-0.25, -0.2) is 9.78 Å². The van der Waals surface area contributed by atoms with Crippen molar-refractivity contribution in [1.82, 2.24) is 9.97 Å². The predicted molar refractivity (Wildman–Crippen MR) is 56.2 cm³/mol. The highest BCUT2D eigenvalue weighted by atomic mass is 16.3. The minimum absolute atomic E-state index is 0.00459. The second kappa shape index (κ2) is 4.06. The van der Waals surface area contributed by atoms with Crippen molar-refractivity contribution >= 4 is 0 Å². The number of aliphatic hydroxyl groups excluding tert-OH is 1. The number of hydrogen-bond donors (Lipinski definition) is 2. The van der Waals surface area contributed by atoms with Crippen LogP contribution in [0.5, 0.6) is 0 Å². The van der Waals surface area contributed by atoms with E-state index in [9.17, 15) is 4.79 Å². The zero-order valence-electron chi connectivity index (χ0n) is 7.97. The van der Waals surface area contributed by atoms with Crippen LogP contribution in [-0.2, 0) is 6.61 Å². The number of hydrogen-bond acceptors (Lipinski definition) is 3. The van der Waals surface area contributed by atoms with Gasteiger partial charge in [-0.15, -0.1) is 0 Å². The minimum Gasteiger partial charge on any atom is -0.392 e. The first-order chi connectivity index (χ1) is 7.29. The lowest BCUT2D eigenvalue weighted by Gasteiger charge is -2.02. The molecule has 2 aromatic rings. The molecule has 0 aliphatic heterocycles. The molecule has 76 valence electrons. The highest BCUT2D eigenvalue weighted by Crippen LogP contribution is 2.17. The maximum Gasteiger partial charge on any atom is 0.344 e. The number of aromatic amines is 1.